The van der Waals surface area contributed by atoms with Gasteiger partial charge in [0.2, 0.25) is 0 Å². The Bertz CT molecular complexity index is 548. The van der Waals surface area contributed by atoms with Crippen LogP contribution in [0.4, 0.5) is 0 Å². The van der Waals surface area contributed by atoms with E-state index < -0.39 is 0 Å². The first-order valence-electron chi connectivity index (χ1n) is 7.52. The number of halogens is 1. The molecule has 0 radical (unpaired) electrons. The van der Waals surface area contributed by atoms with Crippen LogP contribution in [0.15, 0.2) is 22.7 Å². The number of thiocarbonyl (C=S) groups is 1. The second-order valence-electron chi connectivity index (χ2n) is 5.56. The Labute approximate surface area is 150 Å². The topological polar surface area (TPSA) is 70.6 Å². The molecule has 0 saturated heterocycles. The van der Waals surface area contributed by atoms with Gasteiger partial charge in [0.15, 0.2) is 5.11 Å². The van der Waals surface area contributed by atoms with E-state index in [0.29, 0.717) is 30.3 Å². The zero-order valence-electron chi connectivity index (χ0n) is 13.6. The van der Waals surface area contributed by atoms with Crippen LogP contribution in [-0.2, 0) is 0 Å². The molecule has 0 spiro atoms. The van der Waals surface area contributed by atoms with Gasteiger partial charge >= 0.3 is 0 Å². The first-order valence-corrected chi connectivity index (χ1v) is 8.72. The monoisotopic (exact) mass is 402 g/mol. The molecule has 0 aliphatic heterocycles. The van der Waals surface area contributed by atoms with Crippen molar-refractivity contribution < 1.29 is 14.6 Å². The van der Waals surface area contributed by atoms with Gasteiger partial charge in [0.25, 0.3) is 5.91 Å². The fourth-order valence-corrected chi connectivity index (χ4v) is 2.35. The van der Waals surface area contributed by atoms with Crippen molar-refractivity contribution in [1.29, 1.82) is 0 Å². The summed E-state index contributed by atoms with van der Waals surface area (Å²) in [5, 5.41) is 14.9. The van der Waals surface area contributed by atoms with E-state index in [9.17, 15) is 4.79 Å². The Morgan fingerprint density at radius 3 is 2.70 bits per heavy atom. The van der Waals surface area contributed by atoms with Crippen LogP contribution in [0.1, 0.15) is 37.6 Å². The Morgan fingerprint density at radius 2 is 2.13 bits per heavy atom. The van der Waals surface area contributed by atoms with E-state index in [1.54, 1.807) is 12.1 Å². The zero-order valence-corrected chi connectivity index (χ0v) is 16.0. The molecule has 1 rings (SSSR count). The number of ether oxygens (including phenoxy) is 1. The van der Waals surface area contributed by atoms with Gasteiger partial charge < -0.3 is 15.2 Å². The molecule has 0 aliphatic rings. The number of aliphatic hydroxyl groups excluding tert-OH is 1. The van der Waals surface area contributed by atoms with Crippen LogP contribution in [0.3, 0.4) is 0 Å². The van der Waals surface area contributed by atoms with Crippen LogP contribution < -0.4 is 15.4 Å². The molecule has 1 aromatic rings. The highest BCUT2D eigenvalue weighted by atomic mass is 79.9. The lowest BCUT2D eigenvalue weighted by molar-refractivity contribution is 0.0971. The van der Waals surface area contributed by atoms with E-state index in [2.05, 4.69) is 26.6 Å². The number of hydrogen-bond donors (Lipinski definition) is 3. The molecule has 0 aromatic heterocycles. The summed E-state index contributed by atoms with van der Waals surface area (Å²) in [6, 6.07) is 5.08. The molecule has 5 nitrogen and oxygen atoms in total. The van der Waals surface area contributed by atoms with Crippen molar-refractivity contribution in [1.82, 2.24) is 10.6 Å². The van der Waals surface area contributed by atoms with Crippen molar-refractivity contribution in [2.75, 3.05) is 13.2 Å². The van der Waals surface area contributed by atoms with Gasteiger partial charge in [-0.25, -0.2) is 0 Å². The molecule has 1 unspecified atom stereocenters. The summed E-state index contributed by atoms with van der Waals surface area (Å²) in [7, 11) is 0. The van der Waals surface area contributed by atoms with E-state index >= 15 is 0 Å². The van der Waals surface area contributed by atoms with Gasteiger partial charge in [-0.1, -0.05) is 36.7 Å². The van der Waals surface area contributed by atoms with Crippen molar-refractivity contribution in [3.8, 4) is 5.75 Å². The molecule has 0 saturated carbocycles. The molecule has 23 heavy (non-hydrogen) atoms. The third-order valence-corrected chi connectivity index (χ3v) is 3.75. The quantitative estimate of drug-likeness (QED) is 0.611. The van der Waals surface area contributed by atoms with Crippen LogP contribution in [0.25, 0.3) is 0 Å². The summed E-state index contributed by atoms with van der Waals surface area (Å²) in [6.07, 6.45) is 0.701. The number of benzene rings is 1. The highest BCUT2D eigenvalue weighted by Gasteiger charge is 2.16. The molecule has 0 aliphatic carbocycles. The van der Waals surface area contributed by atoms with Crippen LogP contribution in [0.5, 0.6) is 5.75 Å². The van der Waals surface area contributed by atoms with Crippen LogP contribution >= 0.6 is 28.1 Å². The van der Waals surface area contributed by atoms with E-state index in [0.717, 1.165) is 4.47 Å². The predicted octanol–water partition coefficient (Wildman–Crippen LogP) is 2.86. The van der Waals surface area contributed by atoms with Crippen LogP contribution in [0.2, 0.25) is 0 Å². The molecule has 1 amide bonds. The van der Waals surface area contributed by atoms with Crippen molar-refractivity contribution >= 4 is 39.2 Å². The minimum Gasteiger partial charge on any atom is -0.492 e. The lowest BCUT2D eigenvalue weighted by Crippen LogP contribution is -2.45. The maximum atomic E-state index is 12.4. The fourth-order valence-electron chi connectivity index (χ4n) is 1.73. The molecular weight excluding hydrogens is 380 g/mol. The molecular formula is C16H23BrN2O3S. The molecule has 1 aromatic carbocycles. The molecule has 0 bridgehead atoms. The van der Waals surface area contributed by atoms with Crippen molar-refractivity contribution in [2.45, 2.75) is 33.2 Å². The minimum atomic E-state index is -0.352. The Balaban J connectivity index is 2.81. The largest absolute Gasteiger partial charge is 0.492 e. The molecule has 128 valence electrons. The van der Waals surface area contributed by atoms with Gasteiger partial charge in [0.05, 0.1) is 24.8 Å². The SMILES string of the molecule is CCC(CO)NC(=S)NC(=O)c1cc(Br)ccc1OCC(C)C. The summed E-state index contributed by atoms with van der Waals surface area (Å²) >= 11 is 8.47. The van der Waals surface area contributed by atoms with E-state index in [1.165, 1.54) is 0 Å². The van der Waals surface area contributed by atoms with Crippen molar-refractivity contribution in [2.24, 2.45) is 5.92 Å². The number of rotatable bonds is 7. The van der Waals surface area contributed by atoms with Gasteiger partial charge in [-0.05, 0) is 42.8 Å². The van der Waals surface area contributed by atoms with E-state index in [1.807, 2.05) is 26.8 Å². The fraction of sp³-hybridized carbons (Fsp3) is 0.500. The summed E-state index contributed by atoms with van der Waals surface area (Å²) < 4.78 is 6.47. The van der Waals surface area contributed by atoms with E-state index in [-0.39, 0.29) is 23.7 Å². The first kappa shape index (κ1) is 19.9. The third kappa shape index (κ3) is 6.85. The Hall–Kier alpha value is -1.18. The van der Waals surface area contributed by atoms with Gasteiger partial charge in [0, 0.05) is 4.47 Å². The number of nitrogens with one attached hydrogen (secondary N) is 2. The molecule has 0 heterocycles. The number of hydrogen-bond acceptors (Lipinski definition) is 4. The summed E-state index contributed by atoms with van der Waals surface area (Å²) in [5.74, 6) is 0.513. The van der Waals surface area contributed by atoms with E-state index in [4.69, 9.17) is 22.1 Å². The van der Waals surface area contributed by atoms with Crippen LogP contribution in [0, 0.1) is 5.92 Å². The molecule has 1 atom stereocenters. The van der Waals surface area contributed by atoms with Crippen molar-refractivity contribution in [3.05, 3.63) is 28.2 Å². The summed E-state index contributed by atoms with van der Waals surface area (Å²) in [6.45, 7) is 6.47. The second-order valence-corrected chi connectivity index (χ2v) is 6.88. The average Bonchev–Trinajstić information content (AvgIpc) is 2.51. The lowest BCUT2D eigenvalue weighted by atomic mass is 10.2. The standard InChI is InChI=1S/C16H23BrN2O3S/c1-4-12(8-20)18-16(23)19-15(21)13-7-11(17)5-6-14(13)22-9-10(2)3/h5-7,10,12,20H,4,8-9H2,1-3H3,(H2,18,19,21,23). The number of carbonyl (C=O) groups excluding carboxylic acids is 1. The van der Waals surface area contributed by atoms with Crippen LogP contribution in [-0.4, -0.2) is 35.4 Å². The number of aliphatic hydroxyl groups is 1. The minimum absolute atomic E-state index is 0.0495. The smallest absolute Gasteiger partial charge is 0.261 e. The highest BCUT2D eigenvalue weighted by molar-refractivity contribution is 9.10. The normalized spacial score (nSPS) is 11.9. The predicted molar refractivity (Wildman–Crippen MR) is 98.8 cm³/mol. The van der Waals surface area contributed by atoms with Gasteiger partial charge in [-0.15, -0.1) is 0 Å². The second kappa shape index (κ2) is 9.85. The summed E-state index contributed by atoms with van der Waals surface area (Å²) in [5.41, 5.74) is 0.404. The Morgan fingerprint density at radius 1 is 1.43 bits per heavy atom. The summed E-state index contributed by atoms with van der Waals surface area (Å²) in [4.78, 5) is 12.4. The first-order chi connectivity index (χ1) is 10.9. The molecule has 3 N–H and O–H groups in total. The lowest BCUT2D eigenvalue weighted by Gasteiger charge is -2.18. The van der Waals surface area contributed by atoms with Crippen molar-refractivity contribution in [3.63, 3.8) is 0 Å². The molecule has 7 heteroatoms. The third-order valence-electron chi connectivity index (χ3n) is 3.03. The van der Waals surface area contributed by atoms with Gasteiger partial charge in [0.1, 0.15) is 5.75 Å². The Kier molecular flexibility index (Phi) is 8.51. The average molecular weight is 403 g/mol. The maximum Gasteiger partial charge on any atom is 0.261 e. The molecule has 0 fully saturated rings. The zero-order chi connectivity index (χ0) is 17.4. The number of amides is 1. The maximum absolute atomic E-state index is 12.4. The van der Waals surface area contributed by atoms with Gasteiger partial charge in [-0.2, -0.15) is 0 Å². The highest BCUT2D eigenvalue weighted by Crippen LogP contribution is 2.23. The van der Waals surface area contributed by atoms with Gasteiger partial charge in [-0.3, -0.25) is 10.1 Å². The number of carbonyl (C=O) groups is 1.